The molecule has 0 saturated carbocycles. The molecule has 0 unspecified atom stereocenters. The maximum absolute atomic E-state index is 13.2. The summed E-state index contributed by atoms with van der Waals surface area (Å²) < 4.78 is 4.87. The molecule has 1 atom stereocenters. The second-order valence-corrected chi connectivity index (χ2v) is 6.76. The van der Waals surface area contributed by atoms with Gasteiger partial charge in [-0.05, 0) is 47.9 Å². The number of nitrogens with one attached hydrogen (secondary N) is 1. The Hall–Kier alpha value is -3.14. The van der Waals surface area contributed by atoms with Gasteiger partial charge in [0.05, 0.1) is 12.7 Å². The van der Waals surface area contributed by atoms with Gasteiger partial charge in [-0.2, -0.15) is 0 Å². The minimum Gasteiger partial charge on any atom is -0.467 e. The van der Waals surface area contributed by atoms with Crippen molar-refractivity contribution < 1.29 is 14.3 Å². The van der Waals surface area contributed by atoms with Gasteiger partial charge < -0.3 is 10.1 Å². The zero-order valence-electron chi connectivity index (χ0n) is 15.8. The van der Waals surface area contributed by atoms with Gasteiger partial charge in [-0.15, -0.1) is 0 Å². The van der Waals surface area contributed by atoms with Crippen molar-refractivity contribution in [3.63, 3.8) is 0 Å². The SMILES string of the molecule is COC(=O)[C@@H](CC=C(C)C)NC(=O)c1c2ccccc2cc2ccccc12. The molecule has 0 aliphatic heterocycles. The number of benzene rings is 3. The zero-order chi connectivity index (χ0) is 19.4. The fraction of sp³-hybridized carbons (Fsp3) is 0.217. The number of hydrogen-bond acceptors (Lipinski definition) is 3. The minimum atomic E-state index is -0.727. The van der Waals surface area contributed by atoms with Gasteiger partial charge in [0.2, 0.25) is 0 Å². The van der Waals surface area contributed by atoms with E-state index in [2.05, 4.69) is 11.4 Å². The number of methoxy groups -OCH3 is 1. The zero-order valence-corrected chi connectivity index (χ0v) is 15.8. The number of amides is 1. The molecule has 0 heterocycles. The van der Waals surface area contributed by atoms with Gasteiger partial charge in [0.25, 0.3) is 5.91 Å². The molecule has 3 rings (SSSR count). The summed E-state index contributed by atoms with van der Waals surface area (Å²) in [6.45, 7) is 3.91. The van der Waals surface area contributed by atoms with Crippen molar-refractivity contribution in [2.45, 2.75) is 26.3 Å². The predicted molar refractivity (Wildman–Crippen MR) is 109 cm³/mol. The number of carbonyl (C=O) groups is 2. The molecular formula is C23H23NO3. The van der Waals surface area contributed by atoms with Crippen LogP contribution in [0.2, 0.25) is 0 Å². The average Bonchev–Trinajstić information content (AvgIpc) is 2.68. The Morgan fingerprint density at radius 1 is 1.00 bits per heavy atom. The number of fused-ring (bicyclic) bond motifs is 2. The van der Waals surface area contributed by atoms with Crippen LogP contribution in [-0.2, 0) is 9.53 Å². The van der Waals surface area contributed by atoms with Crippen LogP contribution < -0.4 is 5.32 Å². The summed E-state index contributed by atoms with van der Waals surface area (Å²) in [7, 11) is 1.33. The maximum Gasteiger partial charge on any atom is 0.328 e. The van der Waals surface area contributed by atoms with Gasteiger partial charge in [-0.1, -0.05) is 60.2 Å². The van der Waals surface area contributed by atoms with E-state index in [4.69, 9.17) is 4.74 Å². The van der Waals surface area contributed by atoms with Crippen LogP contribution in [0.25, 0.3) is 21.5 Å². The number of rotatable bonds is 5. The molecule has 3 aromatic carbocycles. The van der Waals surface area contributed by atoms with Crippen LogP contribution >= 0.6 is 0 Å². The number of hydrogen-bond donors (Lipinski definition) is 1. The van der Waals surface area contributed by atoms with Crippen LogP contribution in [0.5, 0.6) is 0 Å². The summed E-state index contributed by atoms with van der Waals surface area (Å²) in [4.78, 5) is 25.4. The summed E-state index contributed by atoms with van der Waals surface area (Å²) in [5.74, 6) is -0.731. The van der Waals surface area contributed by atoms with Crippen LogP contribution in [0.1, 0.15) is 30.6 Å². The van der Waals surface area contributed by atoms with Crippen molar-refractivity contribution >= 4 is 33.4 Å². The van der Waals surface area contributed by atoms with E-state index in [1.807, 2.05) is 68.5 Å². The second kappa shape index (κ2) is 8.04. The van der Waals surface area contributed by atoms with Crippen molar-refractivity contribution in [3.8, 4) is 0 Å². The van der Waals surface area contributed by atoms with Crippen molar-refractivity contribution in [1.29, 1.82) is 0 Å². The minimum absolute atomic E-state index is 0.277. The molecule has 0 aliphatic rings. The highest BCUT2D eigenvalue weighted by atomic mass is 16.5. The van der Waals surface area contributed by atoms with E-state index < -0.39 is 12.0 Å². The summed E-state index contributed by atoms with van der Waals surface area (Å²) in [5.41, 5.74) is 1.66. The monoisotopic (exact) mass is 361 g/mol. The van der Waals surface area contributed by atoms with Crippen LogP contribution in [0.4, 0.5) is 0 Å². The summed E-state index contributed by atoms with van der Waals surface area (Å²) in [6.07, 6.45) is 2.31. The molecule has 0 aromatic heterocycles. The molecule has 0 spiro atoms. The lowest BCUT2D eigenvalue weighted by Gasteiger charge is -2.17. The Labute approximate surface area is 158 Å². The summed E-state index contributed by atoms with van der Waals surface area (Å²) in [5, 5.41) is 6.56. The highest BCUT2D eigenvalue weighted by Crippen LogP contribution is 2.28. The number of allylic oxidation sites excluding steroid dienone is 1. The fourth-order valence-electron chi connectivity index (χ4n) is 3.20. The molecule has 4 heteroatoms. The Morgan fingerprint density at radius 3 is 2.07 bits per heavy atom. The Balaban J connectivity index is 2.07. The molecule has 0 fully saturated rings. The topological polar surface area (TPSA) is 55.4 Å². The predicted octanol–water partition coefficient (Wildman–Crippen LogP) is 4.62. The van der Waals surface area contributed by atoms with E-state index in [-0.39, 0.29) is 5.91 Å². The molecule has 1 N–H and O–H groups in total. The Morgan fingerprint density at radius 2 is 1.56 bits per heavy atom. The molecule has 0 aliphatic carbocycles. The standard InChI is InChI=1S/C23H23NO3/c1-15(2)12-13-20(23(26)27-3)24-22(25)21-18-10-6-4-8-16(18)14-17-9-5-7-11-19(17)21/h4-12,14,20H,13H2,1-3H3,(H,24,25)/t20-/m1/s1. The van der Waals surface area contributed by atoms with Crippen molar-refractivity contribution in [2.24, 2.45) is 0 Å². The molecule has 0 bridgehead atoms. The van der Waals surface area contributed by atoms with E-state index in [1.54, 1.807) is 0 Å². The first-order valence-electron chi connectivity index (χ1n) is 8.94. The van der Waals surface area contributed by atoms with Crippen LogP contribution in [0.3, 0.4) is 0 Å². The van der Waals surface area contributed by atoms with E-state index >= 15 is 0 Å². The second-order valence-electron chi connectivity index (χ2n) is 6.76. The first-order valence-corrected chi connectivity index (χ1v) is 8.94. The van der Waals surface area contributed by atoms with Crippen molar-refractivity contribution in [2.75, 3.05) is 7.11 Å². The van der Waals surface area contributed by atoms with Crippen LogP contribution in [-0.4, -0.2) is 25.0 Å². The fourth-order valence-corrected chi connectivity index (χ4v) is 3.20. The van der Waals surface area contributed by atoms with Gasteiger partial charge in [0.15, 0.2) is 0 Å². The van der Waals surface area contributed by atoms with Crippen molar-refractivity contribution in [1.82, 2.24) is 5.32 Å². The Bertz CT molecular complexity index is 978. The molecular weight excluding hydrogens is 338 g/mol. The molecule has 4 nitrogen and oxygen atoms in total. The number of ether oxygens (including phenoxy) is 1. The maximum atomic E-state index is 13.2. The van der Waals surface area contributed by atoms with Crippen LogP contribution in [0.15, 0.2) is 66.2 Å². The highest BCUT2D eigenvalue weighted by molar-refractivity contribution is 6.18. The Kier molecular flexibility index (Phi) is 5.55. The molecule has 1 amide bonds. The normalized spacial score (nSPS) is 11.8. The molecule has 0 saturated heterocycles. The summed E-state index contributed by atoms with van der Waals surface area (Å²) in [6, 6.07) is 16.9. The van der Waals surface area contributed by atoms with Crippen molar-refractivity contribution in [3.05, 3.63) is 71.8 Å². The van der Waals surface area contributed by atoms with E-state index in [9.17, 15) is 9.59 Å². The highest BCUT2D eigenvalue weighted by Gasteiger charge is 2.23. The van der Waals surface area contributed by atoms with E-state index in [0.29, 0.717) is 12.0 Å². The van der Waals surface area contributed by atoms with Gasteiger partial charge in [0, 0.05) is 0 Å². The van der Waals surface area contributed by atoms with Crippen LogP contribution in [0, 0.1) is 0 Å². The first kappa shape index (κ1) is 18.6. The van der Waals surface area contributed by atoms with Gasteiger partial charge in [-0.3, -0.25) is 4.79 Å². The number of esters is 1. The third kappa shape index (κ3) is 4.00. The van der Waals surface area contributed by atoms with Gasteiger partial charge in [0.1, 0.15) is 6.04 Å². The van der Waals surface area contributed by atoms with Gasteiger partial charge in [-0.25, -0.2) is 4.79 Å². The summed E-state index contributed by atoms with van der Waals surface area (Å²) >= 11 is 0. The van der Waals surface area contributed by atoms with E-state index in [0.717, 1.165) is 27.1 Å². The molecule has 0 radical (unpaired) electrons. The quantitative estimate of drug-likeness (QED) is 0.410. The van der Waals surface area contributed by atoms with E-state index in [1.165, 1.54) is 7.11 Å². The average molecular weight is 361 g/mol. The molecule has 138 valence electrons. The third-order valence-corrected chi connectivity index (χ3v) is 4.55. The van der Waals surface area contributed by atoms with Gasteiger partial charge >= 0.3 is 5.97 Å². The smallest absolute Gasteiger partial charge is 0.328 e. The molecule has 27 heavy (non-hydrogen) atoms. The first-order chi connectivity index (χ1) is 13.0. The largest absolute Gasteiger partial charge is 0.467 e. The third-order valence-electron chi connectivity index (χ3n) is 4.55. The molecule has 3 aromatic rings. The lowest BCUT2D eigenvalue weighted by atomic mass is 9.96. The lowest BCUT2D eigenvalue weighted by molar-refractivity contribution is -0.142. The number of carbonyl (C=O) groups excluding carboxylic acids is 2. The lowest BCUT2D eigenvalue weighted by Crippen LogP contribution is -2.41.